The zero-order chi connectivity index (χ0) is 14.5. The first-order valence-corrected chi connectivity index (χ1v) is 6.58. The minimum Gasteiger partial charge on any atom is -0.478 e. The number of carbonyl (C=O) groups is 1. The Hall–Kier alpha value is -2.36. The number of carboxylic acids is 1. The van der Waals surface area contributed by atoms with Gasteiger partial charge in [0.15, 0.2) is 0 Å². The second kappa shape index (κ2) is 6.19. The molecule has 2 rings (SSSR count). The Morgan fingerprint density at radius 2 is 1.80 bits per heavy atom. The quantitative estimate of drug-likeness (QED) is 0.907. The van der Waals surface area contributed by atoms with Crippen LogP contribution < -0.4 is 4.90 Å². The maximum atomic E-state index is 10.8. The first-order valence-electron chi connectivity index (χ1n) is 6.58. The second-order valence-electron chi connectivity index (χ2n) is 4.74. The maximum absolute atomic E-state index is 10.8. The highest BCUT2D eigenvalue weighted by Crippen LogP contribution is 2.14. The summed E-state index contributed by atoms with van der Waals surface area (Å²) in [6.07, 6.45) is 2.42. The van der Waals surface area contributed by atoms with Crippen LogP contribution in [0, 0.1) is 0 Å². The van der Waals surface area contributed by atoms with Crippen molar-refractivity contribution in [1.82, 2.24) is 4.98 Å². The summed E-state index contributed by atoms with van der Waals surface area (Å²) in [4.78, 5) is 16.9. The third kappa shape index (κ3) is 3.35. The van der Waals surface area contributed by atoms with E-state index < -0.39 is 5.97 Å². The molecule has 2 aromatic rings. The monoisotopic (exact) mass is 270 g/mol. The summed E-state index contributed by atoms with van der Waals surface area (Å²) in [5.74, 6) is -0.198. The number of pyridine rings is 1. The van der Waals surface area contributed by atoms with E-state index in [-0.39, 0.29) is 5.56 Å². The van der Waals surface area contributed by atoms with Crippen molar-refractivity contribution in [3.63, 3.8) is 0 Å². The number of nitrogens with zero attached hydrogens (tertiary/aromatic N) is 2. The fourth-order valence-corrected chi connectivity index (χ4v) is 1.97. The van der Waals surface area contributed by atoms with Gasteiger partial charge in [-0.3, -0.25) is 0 Å². The van der Waals surface area contributed by atoms with Gasteiger partial charge in [-0.25, -0.2) is 9.78 Å². The van der Waals surface area contributed by atoms with Crippen LogP contribution in [-0.2, 0) is 13.0 Å². The molecule has 0 saturated heterocycles. The molecule has 4 heteroatoms. The number of rotatable bonds is 5. The molecule has 1 heterocycles. The van der Waals surface area contributed by atoms with Gasteiger partial charge in [0.2, 0.25) is 0 Å². The second-order valence-corrected chi connectivity index (χ2v) is 4.74. The van der Waals surface area contributed by atoms with E-state index >= 15 is 0 Å². The lowest BCUT2D eigenvalue weighted by Gasteiger charge is -2.18. The molecule has 0 amide bonds. The summed E-state index contributed by atoms with van der Waals surface area (Å²) in [7, 11) is 1.94. The molecular formula is C16H18N2O2. The van der Waals surface area contributed by atoms with Crippen LogP contribution in [0.3, 0.4) is 0 Å². The van der Waals surface area contributed by atoms with E-state index in [4.69, 9.17) is 5.11 Å². The molecule has 0 aliphatic heterocycles. The van der Waals surface area contributed by atoms with Crippen molar-refractivity contribution in [1.29, 1.82) is 0 Å². The highest BCUT2D eigenvalue weighted by Gasteiger charge is 2.06. The summed E-state index contributed by atoms with van der Waals surface area (Å²) in [5.41, 5.74) is 2.73. The molecule has 0 spiro atoms. The Bertz CT molecular complexity index is 576. The van der Waals surface area contributed by atoms with E-state index in [0.717, 1.165) is 18.8 Å². The summed E-state index contributed by atoms with van der Waals surface area (Å²) in [5, 5.41) is 8.85. The molecule has 1 N–H and O–H groups in total. The van der Waals surface area contributed by atoms with Gasteiger partial charge in [0.05, 0.1) is 5.56 Å². The normalized spacial score (nSPS) is 10.3. The van der Waals surface area contributed by atoms with Crippen LogP contribution in [0.4, 0.5) is 5.82 Å². The average molecular weight is 270 g/mol. The van der Waals surface area contributed by atoms with Crippen molar-refractivity contribution in [2.75, 3.05) is 11.9 Å². The van der Waals surface area contributed by atoms with Crippen LogP contribution in [0.15, 0.2) is 42.6 Å². The lowest BCUT2D eigenvalue weighted by molar-refractivity contribution is 0.0696. The molecular weight excluding hydrogens is 252 g/mol. The molecule has 1 aromatic carbocycles. The fraction of sp³-hybridized carbons (Fsp3) is 0.250. The minimum absolute atomic E-state index is 0.203. The highest BCUT2D eigenvalue weighted by atomic mass is 16.4. The molecule has 1 aromatic heterocycles. The van der Waals surface area contributed by atoms with Crippen molar-refractivity contribution in [2.45, 2.75) is 19.9 Å². The maximum Gasteiger partial charge on any atom is 0.337 e. The molecule has 104 valence electrons. The van der Waals surface area contributed by atoms with Gasteiger partial charge in [0.1, 0.15) is 5.82 Å². The topological polar surface area (TPSA) is 53.4 Å². The van der Waals surface area contributed by atoms with E-state index in [9.17, 15) is 4.79 Å². The lowest BCUT2D eigenvalue weighted by atomic mass is 10.1. The van der Waals surface area contributed by atoms with E-state index in [1.54, 1.807) is 12.1 Å². The zero-order valence-electron chi connectivity index (χ0n) is 11.7. The number of carboxylic acid groups (broad SMARTS) is 1. The third-order valence-electron chi connectivity index (χ3n) is 3.24. The average Bonchev–Trinajstić information content (AvgIpc) is 2.48. The largest absolute Gasteiger partial charge is 0.478 e. The highest BCUT2D eigenvalue weighted by molar-refractivity contribution is 5.87. The van der Waals surface area contributed by atoms with Gasteiger partial charge in [-0.05, 0) is 29.7 Å². The zero-order valence-corrected chi connectivity index (χ0v) is 11.7. The number of anilines is 1. The van der Waals surface area contributed by atoms with Crippen molar-refractivity contribution in [2.24, 2.45) is 0 Å². The van der Waals surface area contributed by atoms with Gasteiger partial charge in [-0.1, -0.05) is 31.2 Å². The predicted molar refractivity (Wildman–Crippen MR) is 79.1 cm³/mol. The molecule has 0 fully saturated rings. The van der Waals surface area contributed by atoms with E-state index in [1.165, 1.54) is 17.3 Å². The lowest BCUT2D eigenvalue weighted by Crippen LogP contribution is -2.17. The van der Waals surface area contributed by atoms with Crippen LogP contribution in [0.1, 0.15) is 28.4 Å². The van der Waals surface area contributed by atoms with Gasteiger partial charge >= 0.3 is 5.97 Å². The summed E-state index contributed by atoms with van der Waals surface area (Å²) in [6.45, 7) is 2.87. The van der Waals surface area contributed by atoms with Crippen LogP contribution in [-0.4, -0.2) is 23.1 Å². The van der Waals surface area contributed by atoms with Crippen molar-refractivity contribution >= 4 is 11.8 Å². The standard InChI is InChI=1S/C16H18N2O2/c1-3-12-4-6-13(7-5-12)11-18(2)15-9-8-14(10-17-15)16(19)20/h4-10H,3,11H2,1-2H3,(H,19,20). The molecule has 4 nitrogen and oxygen atoms in total. The Labute approximate surface area is 118 Å². The van der Waals surface area contributed by atoms with Gasteiger partial charge in [0.25, 0.3) is 0 Å². The van der Waals surface area contributed by atoms with Crippen molar-refractivity contribution in [3.05, 3.63) is 59.3 Å². The summed E-state index contributed by atoms with van der Waals surface area (Å²) in [6, 6.07) is 11.8. The Balaban J connectivity index is 2.06. The Kier molecular flexibility index (Phi) is 4.35. The molecule has 0 aliphatic carbocycles. The number of hydrogen-bond acceptors (Lipinski definition) is 3. The molecule has 20 heavy (non-hydrogen) atoms. The molecule has 0 saturated carbocycles. The first kappa shape index (κ1) is 14.1. The smallest absolute Gasteiger partial charge is 0.337 e. The number of aromatic nitrogens is 1. The van der Waals surface area contributed by atoms with Gasteiger partial charge in [-0.15, -0.1) is 0 Å². The fourth-order valence-electron chi connectivity index (χ4n) is 1.97. The van der Waals surface area contributed by atoms with Gasteiger partial charge < -0.3 is 10.0 Å². The molecule has 0 radical (unpaired) electrons. The number of benzene rings is 1. The van der Waals surface area contributed by atoms with E-state index in [0.29, 0.717) is 0 Å². The van der Waals surface area contributed by atoms with Crippen LogP contribution >= 0.6 is 0 Å². The number of aromatic carboxylic acids is 1. The third-order valence-corrected chi connectivity index (χ3v) is 3.24. The van der Waals surface area contributed by atoms with E-state index in [2.05, 4.69) is 36.2 Å². The molecule has 0 bridgehead atoms. The van der Waals surface area contributed by atoms with Crippen molar-refractivity contribution < 1.29 is 9.90 Å². The van der Waals surface area contributed by atoms with Crippen molar-refractivity contribution in [3.8, 4) is 0 Å². The minimum atomic E-state index is -0.957. The van der Waals surface area contributed by atoms with Crippen LogP contribution in [0.5, 0.6) is 0 Å². The summed E-state index contributed by atoms with van der Waals surface area (Å²) < 4.78 is 0. The van der Waals surface area contributed by atoms with Crippen LogP contribution in [0.2, 0.25) is 0 Å². The Morgan fingerprint density at radius 3 is 2.30 bits per heavy atom. The Morgan fingerprint density at radius 1 is 1.15 bits per heavy atom. The van der Waals surface area contributed by atoms with E-state index in [1.807, 2.05) is 11.9 Å². The first-order chi connectivity index (χ1) is 9.60. The van der Waals surface area contributed by atoms with Crippen LogP contribution in [0.25, 0.3) is 0 Å². The molecule has 0 unspecified atom stereocenters. The van der Waals surface area contributed by atoms with Gasteiger partial charge in [0, 0.05) is 19.8 Å². The number of hydrogen-bond donors (Lipinski definition) is 1. The predicted octanol–water partition coefficient (Wildman–Crippen LogP) is 2.98. The molecule has 0 atom stereocenters. The number of aryl methyl sites for hydroxylation is 1. The SMILES string of the molecule is CCc1ccc(CN(C)c2ccc(C(=O)O)cn2)cc1. The summed E-state index contributed by atoms with van der Waals surface area (Å²) >= 11 is 0. The van der Waals surface area contributed by atoms with Gasteiger partial charge in [-0.2, -0.15) is 0 Å². The molecule has 0 aliphatic rings.